The Morgan fingerprint density at radius 2 is 1.71 bits per heavy atom. The monoisotopic (exact) mass is 388 g/mol. The summed E-state index contributed by atoms with van der Waals surface area (Å²) in [7, 11) is 0. The highest BCUT2D eigenvalue weighted by atomic mass is 16.5. The van der Waals surface area contributed by atoms with Crippen LogP contribution in [0.3, 0.4) is 0 Å². The van der Waals surface area contributed by atoms with Crippen LogP contribution in [0.1, 0.15) is 65.7 Å². The number of nitrogens with zero attached hydrogens (tertiary/aromatic N) is 1. The smallest absolute Gasteiger partial charge is 0.262 e. The lowest BCUT2D eigenvalue weighted by molar-refractivity contribution is -0.136. The highest BCUT2D eigenvalue weighted by Crippen LogP contribution is 2.30. The SMILES string of the molecule is O=C1CCC(N2C(=O)c3ccc(OCCCCCCCO)cc3C2=O)C(=O)N1. The molecule has 8 heteroatoms. The van der Waals surface area contributed by atoms with Gasteiger partial charge < -0.3 is 9.84 Å². The fourth-order valence-corrected chi connectivity index (χ4v) is 3.47. The third-order valence-corrected chi connectivity index (χ3v) is 4.98. The minimum Gasteiger partial charge on any atom is -0.494 e. The van der Waals surface area contributed by atoms with Crippen molar-refractivity contribution in [3.63, 3.8) is 0 Å². The van der Waals surface area contributed by atoms with Crippen LogP contribution in [0, 0.1) is 0 Å². The molecule has 1 aromatic rings. The van der Waals surface area contributed by atoms with Crippen molar-refractivity contribution in [1.82, 2.24) is 10.2 Å². The summed E-state index contributed by atoms with van der Waals surface area (Å²) < 4.78 is 5.68. The van der Waals surface area contributed by atoms with E-state index in [0.717, 1.165) is 37.0 Å². The van der Waals surface area contributed by atoms with Crippen LogP contribution in [0.25, 0.3) is 0 Å². The maximum Gasteiger partial charge on any atom is 0.262 e. The van der Waals surface area contributed by atoms with Gasteiger partial charge in [-0.2, -0.15) is 0 Å². The van der Waals surface area contributed by atoms with Crippen LogP contribution in [0.4, 0.5) is 0 Å². The van der Waals surface area contributed by atoms with Crippen molar-refractivity contribution in [1.29, 1.82) is 0 Å². The van der Waals surface area contributed by atoms with Gasteiger partial charge in [0.15, 0.2) is 0 Å². The number of aliphatic hydroxyl groups is 1. The summed E-state index contributed by atoms with van der Waals surface area (Å²) >= 11 is 0. The number of rotatable bonds is 9. The second-order valence-electron chi connectivity index (χ2n) is 6.99. The summed E-state index contributed by atoms with van der Waals surface area (Å²) in [6.07, 6.45) is 4.91. The fraction of sp³-hybridized carbons (Fsp3) is 0.500. The third-order valence-electron chi connectivity index (χ3n) is 4.98. The van der Waals surface area contributed by atoms with Crippen LogP contribution in [-0.2, 0) is 9.59 Å². The maximum absolute atomic E-state index is 12.7. The van der Waals surface area contributed by atoms with E-state index < -0.39 is 29.7 Å². The quantitative estimate of drug-likeness (QED) is 0.488. The molecule has 1 fully saturated rings. The Bertz CT molecular complexity index is 791. The highest BCUT2D eigenvalue weighted by Gasteiger charge is 2.44. The number of benzene rings is 1. The second-order valence-corrected chi connectivity index (χ2v) is 6.99. The largest absolute Gasteiger partial charge is 0.494 e. The molecule has 8 nitrogen and oxygen atoms in total. The first-order chi connectivity index (χ1) is 13.5. The van der Waals surface area contributed by atoms with E-state index in [1.807, 2.05) is 0 Å². The van der Waals surface area contributed by atoms with Crippen molar-refractivity contribution in [3.05, 3.63) is 29.3 Å². The molecule has 0 aliphatic carbocycles. The molecular formula is C20H24N2O6. The van der Waals surface area contributed by atoms with Gasteiger partial charge in [-0.25, -0.2) is 0 Å². The molecule has 150 valence electrons. The Hall–Kier alpha value is -2.74. The van der Waals surface area contributed by atoms with Gasteiger partial charge in [-0.1, -0.05) is 19.3 Å². The summed E-state index contributed by atoms with van der Waals surface area (Å²) in [5, 5.41) is 10.9. The predicted octanol–water partition coefficient (Wildman–Crippen LogP) is 1.41. The second kappa shape index (κ2) is 8.97. The number of amides is 4. The van der Waals surface area contributed by atoms with Gasteiger partial charge in [0.05, 0.1) is 17.7 Å². The minimum atomic E-state index is -0.964. The molecule has 0 spiro atoms. The Kier molecular flexibility index (Phi) is 6.41. The lowest BCUT2D eigenvalue weighted by Crippen LogP contribution is -2.54. The van der Waals surface area contributed by atoms with Crippen LogP contribution in [0.15, 0.2) is 18.2 Å². The zero-order valence-electron chi connectivity index (χ0n) is 15.6. The van der Waals surface area contributed by atoms with Crippen molar-refractivity contribution in [3.8, 4) is 5.75 Å². The number of nitrogens with one attached hydrogen (secondary N) is 1. The third kappa shape index (κ3) is 4.22. The van der Waals surface area contributed by atoms with Crippen molar-refractivity contribution in [2.45, 2.75) is 51.0 Å². The van der Waals surface area contributed by atoms with Gasteiger partial charge in [-0.05, 0) is 37.5 Å². The van der Waals surface area contributed by atoms with E-state index in [2.05, 4.69) is 5.32 Å². The first-order valence-corrected chi connectivity index (χ1v) is 9.62. The number of fused-ring (bicyclic) bond motifs is 1. The molecule has 2 N–H and O–H groups in total. The van der Waals surface area contributed by atoms with Crippen LogP contribution < -0.4 is 10.1 Å². The highest BCUT2D eigenvalue weighted by molar-refractivity contribution is 6.23. The minimum absolute atomic E-state index is 0.0937. The normalized spacial score (nSPS) is 19.0. The fourth-order valence-electron chi connectivity index (χ4n) is 3.47. The molecule has 4 amide bonds. The summed E-state index contributed by atoms with van der Waals surface area (Å²) in [6, 6.07) is 3.75. The summed E-state index contributed by atoms with van der Waals surface area (Å²) in [4.78, 5) is 49.6. The van der Waals surface area contributed by atoms with E-state index in [-0.39, 0.29) is 30.6 Å². The molecule has 0 radical (unpaired) electrons. The van der Waals surface area contributed by atoms with Gasteiger partial charge in [0.1, 0.15) is 11.8 Å². The number of ether oxygens (including phenoxy) is 1. The van der Waals surface area contributed by atoms with E-state index in [4.69, 9.17) is 9.84 Å². The van der Waals surface area contributed by atoms with Gasteiger partial charge >= 0.3 is 0 Å². The van der Waals surface area contributed by atoms with Crippen molar-refractivity contribution in [2.75, 3.05) is 13.2 Å². The zero-order valence-corrected chi connectivity index (χ0v) is 15.6. The Balaban J connectivity index is 1.60. The van der Waals surface area contributed by atoms with Crippen molar-refractivity contribution in [2.24, 2.45) is 0 Å². The number of hydrogen-bond acceptors (Lipinski definition) is 6. The molecule has 2 aliphatic heterocycles. The van der Waals surface area contributed by atoms with Gasteiger partial charge in [0.25, 0.3) is 11.8 Å². The van der Waals surface area contributed by atoms with E-state index >= 15 is 0 Å². The Morgan fingerprint density at radius 3 is 2.46 bits per heavy atom. The molecular weight excluding hydrogens is 364 g/mol. The Labute approximate surface area is 162 Å². The van der Waals surface area contributed by atoms with E-state index in [1.165, 1.54) is 12.1 Å². The van der Waals surface area contributed by atoms with E-state index in [9.17, 15) is 19.2 Å². The topological polar surface area (TPSA) is 113 Å². The first kappa shape index (κ1) is 20.0. The molecule has 28 heavy (non-hydrogen) atoms. The van der Waals surface area contributed by atoms with Gasteiger partial charge in [0, 0.05) is 13.0 Å². The van der Waals surface area contributed by atoms with E-state index in [0.29, 0.717) is 12.4 Å². The zero-order chi connectivity index (χ0) is 20.1. The molecule has 2 heterocycles. The molecule has 3 rings (SSSR count). The number of unbranched alkanes of at least 4 members (excludes halogenated alkanes) is 4. The average Bonchev–Trinajstić information content (AvgIpc) is 2.92. The van der Waals surface area contributed by atoms with Crippen molar-refractivity contribution >= 4 is 23.6 Å². The van der Waals surface area contributed by atoms with Gasteiger partial charge in [-0.3, -0.25) is 29.4 Å². The molecule has 0 aromatic heterocycles. The molecule has 0 saturated carbocycles. The number of carbonyl (C=O) groups excluding carboxylic acids is 4. The van der Waals surface area contributed by atoms with Gasteiger partial charge in [-0.15, -0.1) is 0 Å². The molecule has 1 aromatic carbocycles. The summed E-state index contributed by atoms with van der Waals surface area (Å²) in [5.74, 6) is -1.58. The molecule has 1 atom stereocenters. The summed E-state index contributed by atoms with van der Waals surface area (Å²) in [6.45, 7) is 0.713. The van der Waals surface area contributed by atoms with Crippen LogP contribution in [0.2, 0.25) is 0 Å². The lowest BCUT2D eigenvalue weighted by Gasteiger charge is -2.27. The maximum atomic E-state index is 12.7. The van der Waals surface area contributed by atoms with Crippen LogP contribution in [-0.4, -0.2) is 52.9 Å². The first-order valence-electron chi connectivity index (χ1n) is 9.62. The predicted molar refractivity (Wildman–Crippen MR) is 98.8 cm³/mol. The molecule has 1 unspecified atom stereocenters. The van der Waals surface area contributed by atoms with E-state index in [1.54, 1.807) is 6.07 Å². The number of piperidine rings is 1. The van der Waals surface area contributed by atoms with Crippen LogP contribution >= 0.6 is 0 Å². The number of aliphatic hydroxyl groups excluding tert-OH is 1. The number of carbonyl (C=O) groups is 4. The van der Waals surface area contributed by atoms with Gasteiger partial charge in [0.2, 0.25) is 11.8 Å². The average molecular weight is 388 g/mol. The number of hydrogen-bond donors (Lipinski definition) is 2. The molecule has 0 bridgehead atoms. The molecule has 1 saturated heterocycles. The summed E-state index contributed by atoms with van der Waals surface area (Å²) in [5.41, 5.74) is 0.459. The van der Waals surface area contributed by atoms with Crippen molar-refractivity contribution < 1.29 is 29.0 Å². The standard InChI is InChI=1S/C20H24N2O6/c23-10-4-2-1-3-5-11-28-13-6-7-14-15(12-13)20(27)22(19(14)26)16-8-9-17(24)21-18(16)25/h6-7,12,16,23H,1-5,8-11H2,(H,21,24,25). The number of imide groups is 2. The molecule has 2 aliphatic rings. The lowest BCUT2D eigenvalue weighted by atomic mass is 10.0. The Morgan fingerprint density at radius 1 is 1.00 bits per heavy atom. The van der Waals surface area contributed by atoms with Crippen LogP contribution in [0.5, 0.6) is 5.75 Å².